The second-order valence-electron chi connectivity index (χ2n) is 6.69. The predicted octanol–water partition coefficient (Wildman–Crippen LogP) is 4.40. The van der Waals surface area contributed by atoms with Crippen molar-refractivity contribution in [3.63, 3.8) is 0 Å². The van der Waals surface area contributed by atoms with Crippen LogP contribution in [-0.4, -0.2) is 35.4 Å². The van der Waals surface area contributed by atoms with Crippen molar-refractivity contribution in [1.29, 1.82) is 0 Å². The van der Waals surface area contributed by atoms with Crippen molar-refractivity contribution >= 4 is 34.3 Å². The minimum Gasteiger partial charge on any atom is -0.496 e. The summed E-state index contributed by atoms with van der Waals surface area (Å²) in [6.07, 6.45) is 2.53. The molecule has 8 heteroatoms. The van der Waals surface area contributed by atoms with E-state index < -0.39 is 0 Å². The van der Waals surface area contributed by atoms with E-state index in [9.17, 15) is 4.79 Å². The van der Waals surface area contributed by atoms with Gasteiger partial charge >= 0.3 is 0 Å². The number of nitrogens with zero attached hydrogens (tertiary/aromatic N) is 3. The topological polar surface area (TPSA) is 66.2 Å². The Morgan fingerprint density at radius 2 is 2.03 bits per heavy atom. The molecule has 0 aliphatic heterocycles. The number of hydrogen-bond donors (Lipinski definition) is 0. The first kappa shape index (κ1) is 21.6. The highest BCUT2D eigenvalue weighted by Gasteiger charge is 2.15. The predicted molar refractivity (Wildman–Crippen MR) is 117 cm³/mol. The molecule has 0 spiro atoms. The number of aryl methyl sites for hydroxylation is 1. The average molecular weight is 434 g/mol. The van der Waals surface area contributed by atoms with Crippen LogP contribution in [-0.2, 0) is 17.0 Å². The fourth-order valence-corrected chi connectivity index (χ4v) is 4.41. The Balaban J connectivity index is 1.98. The van der Waals surface area contributed by atoms with E-state index in [-0.39, 0.29) is 5.56 Å². The van der Waals surface area contributed by atoms with Gasteiger partial charge in [0.05, 0.1) is 23.7 Å². The highest BCUT2D eigenvalue weighted by molar-refractivity contribution is 7.98. The van der Waals surface area contributed by atoms with E-state index in [4.69, 9.17) is 26.1 Å². The quantitative estimate of drug-likeness (QED) is 0.298. The Hall–Kier alpha value is -2.09. The van der Waals surface area contributed by atoms with Crippen molar-refractivity contribution in [1.82, 2.24) is 14.5 Å². The first-order valence-corrected chi connectivity index (χ1v) is 10.6. The van der Waals surface area contributed by atoms with Gasteiger partial charge in [-0.1, -0.05) is 23.4 Å². The number of methoxy groups -OCH3 is 2. The zero-order valence-electron chi connectivity index (χ0n) is 17.0. The van der Waals surface area contributed by atoms with Crippen molar-refractivity contribution in [2.75, 3.05) is 20.8 Å². The van der Waals surface area contributed by atoms with Crippen LogP contribution in [0.4, 0.5) is 0 Å². The molecule has 2 aromatic heterocycles. The van der Waals surface area contributed by atoms with Crippen molar-refractivity contribution in [3.8, 4) is 5.75 Å². The molecule has 1 aromatic carbocycles. The minimum absolute atomic E-state index is 0.0727. The van der Waals surface area contributed by atoms with E-state index in [1.807, 2.05) is 13.8 Å². The highest BCUT2D eigenvalue weighted by Crippen LogP contribution is 2.29. The van der Waals surface area contributed by atoms with Crippen LogP contribution in [0.3, 0.4) is 0 Å². The van der Waals surface area contributed by atoms with Gasteiger partial charge in [0.2, 0.25) is 0 Å². The third-order valence-electron chi connectivity index (χ3n) is 4.70. The van der Waals surface area contributed by atoms with E-state index in [0.717, 1.165) is 29.0 Å². The largest absolute Gasteiger partial charge is 0.496 e. The van der Waals surface area contributed by atoms with Crippen LogP contribution in [0.1, 0.15) is 23.2 Å². The van der Waals surface area contributed by atoms with Crippen LogP contribution in [0.15, 0.2) is 34.3 Å². The first-order chi connectivity index (χ1) is 14.0. The molecule has 0 saturated heterocycles. The van der Waals surface area contributed by atoms with Gasteiger partial charge in [0, 0.05) is 48.4 Å². The van der Waals surface area contributed by atoms with Gasteiger partial charge in [0.15, 0.2) is 5.16 Å². The van der Waals surface area contributed by atoms with Crippen molar-refractivity contribution in [2.45, 2.75) is 37.7 Å². The summed E-state index contributed by atoms with van der Waals surface area (Å²) in [5.74, 6) is 1.41. The lowest BCUT2D eigenvalue weighted by Crippen LogP contribution is -2.24. The molecule has 0 radical (unpaired) electrons. The number of ether oxygens (including phenoxy) is 2. The molecule has 0 unspecified atom stereocenters. The number of fused-ring (bicyclic) bond motifs is 1. The van der Waals surface area contributed by atoms with Crippen LogP contribution in [0.2, 0.25) is 5.02 Å². The monoisotopic (exact) mass is 433 g/mol. The van der Waals surface area contributed by atoms with Gasteiger partial charge in [0.1, 0.15) is 5.75 Å². The third-order valence-corrected chi connectivity index (χ3v) is 5.92. The number of hydrogen-bond acceptors (Lipinski definition) is 6. The molecule has 6 nitrogen and oxygen atoms in total. The number of halogens is 1. The van der Waals surface area contributed by atoms with Gasteiger partial charge in [-0.15, -0.1) is 0 Å². The van der Waals surface area contributed by atoms with Gasteiger partial charge in [-0.25, -0.2) is 4.98 Å². The summed E-state index contributed by atoms with van der Waals surface area (Å²) in [4.78, 5) is 22.3. The second-order valence-corrected chi connectivity index (χ2v) is 8.07. The summed E-state index contributed by atoms with van der Waals surface area (Å²) in [5, 5.41) is 1.75. The molecule has 0 bridgehead atoms. The minimum atomic E-state index is -0.0727. The summed E-state index contributed by atoms with van der Waals surface area (Å²) in [5.41, 5.74) is 3.42. The van der Waals surface area contributed by atoms with E-state index in [1.165, 1.54) is 11.8 Å². The highest BCUT2D eigenvalue weighted by atomic mass is 35.5. The third kappa shape index (κ3) is 4.74. The van der Waals surface area contributed by atoms with Gasteiger partial charge in [0.25, 0.3) is 5.56 Å². The standard InChI is InChI=1S/C21H24ClN3O3S/c1-13-11-23-18(14(2)19(13)28-4)12-29-21-24-17-10-15(22)6-7-16(17)20(26)25(21)8-5-9-27-3/h6-7,10-11H,5,8-9,12H2,1-4H3. The Morgan fingerprint density at radius 3 is 2.76 bits per heavy atom. The van der Waals surface area contributed by atoms with Crippen molar-refractivity contribution < 1.29 is 9.47 Å². The molecule has 0 atom stereocenters. The molecule has 0 aliphatic rings. The number of thioether (sulfide) groups is 1. The van der Waals surface area contributed by atoms with E-state index in [0.29, 0.717) is 40.0 Å². The maximum absolute atomic E-state index is 13.1. The summed E-state index contributed by atoms with van der Waals surface area (Å²) in [6.45, 7) is 5.07. The number of rotatable bonds is 8. The fraction of sp³-hybridized carbons (Fsp3) is 0.381. The summed E-state index contributed by atoms with van der Waals surface area (Å²) in [7, 11) is 3.31. The van der Waals surface area contributed by atoms with Crippen LogP contribution >= 0.6 is 23.4 Å². The molecule has 29 heavy (non-hydrogen) atoms. The maximum Gasteiger partial charge on any atom is 0.262 e. The number of benzene rings is 1. The first-order valence-electron chi connectivity index (χ1n) is 9.27. The van der Waals surface area contributed by atoms with Gasteiger partial charge in [-0.2, -0.15) is 0 Å². The fourth-order valence-electron chi connectivity index (χ4n) is 3.20. The molecule has 0 fully saturated rings. The molecular formula is C21H24ClN3O3S. The smallest absolute Gasteiger partial charge is 0.262 e. The molecule has 0 amide bonds. The average Bonchev–Trinajstić information content (AvgIpc) is 2.69. The van der Waals surface area contributed by atoms with Gasteiger partial charge < -0.3 is 9.47 Å². The van der Waals surface area contributed by atoms with Crippen molar-refractivity contribution in [2.24, 2.45) is 0 Å². The van der Waals surface area contributed by atoms with Crippen molar-refractivity contribution in [3.05, 3.63) is 56.6 Å². The zero-order valence-corrected chi connectivity index (χ0v) is 18.6. The molecule has 0 N–H and O–H groups in total. The Labute approximate surface area is 179 Å². The zero-order chi connectivity index (χ0) is 21.0. The van der Waals surface area contributed by atoms with Crippen LogP contribution in [0.5, 0.6) is 5.75 Å². The normalized spacial score (nSPS) is 11.2. The lowest BCUT2D eigenvalue weighted by atomic mass is 10.1. The summed E-state index contributed by atoms with van der Waals surface area (Å²) in [6, 6.07) is 5.16. The van der Waals surface area contributed by atoms with Crippen LogP contribution in [0, 0.1) is 13.8 Å². The van der Waals surface area contributed by atoms with E-state index in [1.54, 1.807) is 43.2 Å². The number of aromatic nitrogens is 3. The SMILES string of the molecule is COCCCn1c(SCc2ncc(C)c(OC)c2C)nc2cc(Cl)ccc2c1=O. The molecule has 0 saturated carbocycles. The Bertz CT molecular complexity index is 1080. The summed E-state index contributed by atoms with van der Waals surface area (Å²) >= 11 is 7.59. The molecule has 3 rings (SSSR count). The summed E-state index contributed by atoms with van der Waals surface area (Å²) < 4.78 is 12.4. The second kappa shape index (κ2) is 9.61. The van der Waals surface area contributed by atoms with Gasteiger partial charge in [-0.05, 0) is 38.5 Å². The molecule has 2 heterocycles. The number of pyridine rings is 1. The molecule has 0 aliphatic carbocycles. The molecule has 154 valence electrons. The Kier molecular flexibility index (Phi) is 7.16. The lowest BCUT2D eigenvalue weighted by Gasteiger charge is -2.15. The Morgan fingerprint density at radius 1 is 1.24 bits per heavy atom. The molecule has 3 aromatic rings. The van der Waals surface area contributed by atoms with Crippen LogP contribution in [0.25, 0.3) is 10.9 Å². The van der Waals surface area contributed by atoms with Gasteiger partial charge in [-0.3, -0.25) is 14.3 Å². The molecular weight excluding hydrogens is 410 g/mol. The lowest BCUT2D eigenvalue weighted by molar-refractivity contribution is 0.189. The maximum atomic E-state index is 13.1. The van der Waals surface area contributed by atoms with E-state index >= 15 is 0 Å². The van der Waals surface area contributed by atoms with E-state index in [2.05, 4.69) is 4.98 Å². The van der Waals surface area contributed by atoms with Crippen LogP contribution < -0.4 is 10.3 Å².